The second kappa shape index (κ2) is 12.5. The predicted octanol–water partition coefficient (Wildman–Crippen LogP) is 3.59. The summed E-state index contributed by atoms with van der Waals surface area (Å²) in [5.74, 6) is -1.17. The fraction of sp³-hybridized carbons (Fsp3) is 0.375. The summed E-state index contributed by atoms with van der Waals surface area (Å²) in [5, 5.41) is 5.17. The standard InChI is InChI=1S/C24H29FN2O4/c1-17(2)13-20(22(28)15-25)26-23(29)21(14-18-9-5-3-6-10-18)27-24(30)31-16-19-11-7-4-8-12-19/h3-12,17,20-21H,13-16H2,1-2H3,(H,26,29)(H,27,30). The van der Waals surface area contributed by atoms with Crippen LogP contribution in [0.25, 0.3) is 0 Å². The van der Waals surface area contributed by atoms with Crippen LogP contribution in [0.5, 0.6) is 0 Å². The lowest BCUT2D eigenvalue weighted by molar-refractivity contribution is -0.129. The molecule has 0 heterocycles. The van der Waals surface area contributed by atoms with Gasteiger partial charge in [0, 0.05) is 6.42 Å². The predicted molar refractivity (Wildman–Crippen MR) is 116 cm³/mol. The summed E-state index contributed by atoms with van der Waals surface area (Å²) in [5.41, 5.74) is 1.63. The maximum atomic E-state index is 13.0. The highest BCUT2D eigenvalue weighted by Crippen LogP contribution is 2.09. The average Bonchev–Trinajstić information content (AvgIpc) is 2.77. The van der Waals surface area contributed by atoms with E-state index in [0.29, 0.717) is 6.42 Å². The molecule has 0 radical (unpaired) electrons. The van der Waals surface area contributed by atoms with Crippen LogP contribution in [0.3, 0.4) is 0 Å². The molecule has 0 fully saturated rings. The topological polar surface area (TPSA) is 84.5 Å². The lowest BCUT2D eigenvalue weighted by Gasteiger charge is -2.23. The molecule has 31 heavy (non-hydrogen) atoms. The molecular formula is C24H29FN2O4. The molecule has 2 atom stereocenters. The zero-order chi connectivity index (χ0) is 22.6. The number of ketones is 1. The smallest absolute Gasteiger partial charge is 0.408 e. The second-order valence-corrected chi connectivity index (χ2v) is 7.74. The summed E-state index contributed by atoms with van der Waals surface area (Å²) >= 11 is 0. The van der Waals surface area contributed by atoms with Crippen molar-refractivity contribution >= 4 is 17.8 Å². The first-order valence-corrected chi connectivity index (χ1v) is 10.3. The zero-order valence-electron chi connectivity index (χ0n) is 17.8. The minimum Gasteiger partial charge on any atom is -0.445 e. The number of hydrogen-bond acceptors (Lipinski definition) is 4. The van der Waals surface area contributed by atoms with Gasteiger partial charge in [0.1, 0.15) is 19.3 Å². The number of alkyl halides is 1. The Morgan fingerprint density at radius 3 is 2.00 bits per heavy atom. The van der Waals surface area contributed by atoms with Crippen molar-refractivity contribution in [3.05, 3.63) is 71.8 Å². The number of rotatable bonds is 11. The summed E-state index contributed by atoms with van der Waals surface area (Å²) in [7, 11) is 0. The number of alkyl carbamates (subject to hydrolysis) is 1. The normalized spacial score (nSPS) is 12.6. The van der Waals surface area contributed by atoms with Crippen LogP contribution in [0.4, 0.5) is 9.18 Å². The van der Waals surface area contributed by atoms with Gasteiger partial charge >= 0.3 is 6.09 Å². The molecule has 0 saturated carbocycles. The first kappa shape index (κ1) is 24.1. The molecule has 2 aromatic carbocycles. The minimum atomic E-state index is -1.16. The molecule has 6 nitrogen and oxygen atoms in total. The quantitative estimate of drug-likeness (QED) is 0.573. The maximum absolute atomic E-state index is 13.0. The van der Waals surface area contributed by atoms with Crippen LogP contribution in [-0.4, -0.2) is 36.5 Å². The molecule has 2 N–H and O–H groups in total. The van der Waals surface area contributed by atoms with Gasteiger partial charge in [0.05, 0.1) is 6.04 Å². The number of hydrogen-bond donors (Lipinski definition) is 2. The highest BCUT2D eigenvalue weighted by Gasteiger charge is 2.27. The number of carbonyl (C=O) groups is 3. The number of Topliss-reactive ketones (excluding diaryl/α,β-unsaturated/α-hetero) is 1. The summed E-state index contributed by atoms with van der Waals surface area (Å²) in [4.78, 5) is 37.2. The van der Waals surface area contributed by atoms with Crippen LogP contribution in [-0.2, 0) is 27.4 Å². The third-order valence-corrected chi connectivity index (χ3v) is 4.65. The lowest BCUT2D eigenvalue weighted by atomic mass is 9.99. The van der Waals surface area contributed by atoms with Gasteiger partial charge in [-0.25, -0.2) is 9.18 Å². The van der Waals surface area contributed by atoms with Gasteiger partial charge < -0.3 is 15.4 Å². The van der Waals surface area contributed by atoms with E-state index in [4.69, 9.17) is 4.74 Å². The van der Waals surface area contributed by atoms with Gasteiger partial charge in [-0.15, -0.1) is 0 Å². The number of ether oxygens (including phenoxy) is 1. The van der Waals surface area contributed by atoms with Crippen LogP contribution in [0.15, 0.2) is 60.7 Å². The summed E-state index contributed by atoms with van der Waals surface area (Å²) in [6.45, 7) is 2.66. The van der Waals surface area contributed by atoms with E-state index in [1.165, 1.54) is 0 Å². The van der Waals surface area contributed by atoms with E-state index in [1.54, 1.807) is 0 Å². The van der Waals surface area contributed by atoms with Crippen LogP contribution >= 0.6 is 0 Å². The minimum absolute atomic E-state index is 0.0582. The Hall–Kier alpha value is -3.22. The Morgan fingerprint density at radius 2 is 1.45 bits per heavy atom. The summed E-state index contributed by atoms with van der Waals surface area (Å²) in [6.07, 6.45) is -0.242. The largest absolute Gasteiger partial charge is 0.445 e. The van der Waals surface area contributed by atoms with Crippen LogP contribution in [0, 0.1) is 5.92 Å². The molecule has 0 aliphatic heterocycles. The number of amides is 2. The maximum Gasteiger partial charge on any atom is 0.408 e. The molecular weight excluding hydrogens is 399 g/mol. The number of halogens is 1. The van der Waals surface area contributed by atoms with Crippen molar-refractivity contribution in [3.63, 3.8) is 0 Å². The Labute approximate surface area is 182 Å². The van der Waals surface area contributed by atoms with Crippen molar-refractivity contribution < 1.29 is 23.5 Å². The molecule has 0 spiro atoms. The van der Waals surface area contributed by atoms with E-state index in [1.807, 2.05) is 74.5 Å². The third kappa shape index (κ3) is 8.58. The van der Waals surface area contributed by atoms with E-state index in [9.17, 15) is 18.8 Å². The van der Waals surface area contributed by atoms with Crippen molar-refractivity contribution in [1.29, 1.82) is 0 Å². The Balaban J connectivity index is 2.08. The van der Waals surface area contributed by atoms with E-state index < -0.39 is 36.5 Å². The van der Waals surface area contributed by atoms with Crippen LogP contribution < -0.4 is 10.6 Å². The first-order chi connectivity index (χ1) is 14.9. The molecule has 2 unspecified atom stereocenters. The van der Waals surface area contributed by atoms with Gasteiger partial charge in [-0.2, -0.15) is 0 Å². The van der Waals surface area contributed by atoms with Gasteiger partial charge in [0.15, 0.2) is 5.78 Å². The highest BCUT2D eigenvalue weighted by molar-refractivity contribution is 5.92. The van der Waals surface area contributed by atoms with Gasteiger partial charge in [-0.3, -0.25) is 9.59 Å². The fourth-order valence-electron chi connectivity index (χ4n) is 3.07. The first-order valence-electron chi connectivity index (χ1n) is 10.3. The fourth-order valence-corrected chi connectivity index (χ4v) is 3.07. The van der Waals surface area contributed by atoms with Gasteiger partial charge in [0.25, 0.3) is 0 Å². The van der Waals surface area contributed by atoms with Crippen LogP contribution in [0.1, 0.15) is 31.4 Å². The van der Waals surface area contributed by atoms with Crippen molar-refractivity contribution in [2.75, 3.05) is 6.67 Å². The number of benzene rings is 2. The van der Waals surface area contributed by atoms with Gasteiger partial charge in [0.2, 0.25) is 5.91 Å². The average molecular weight is 429 g/mol. The molecule has 0 aliphatic carbocycles. The molecule has 2 aromatic rings. The van der Waals surface area contributed by atoms with Crippen molar-refractivity contribution in [3.8, 4) is 0 Å². The molecule has 2 amide bonds. The molecule has 2 rings (SSSR count). The second-order valence-electron chi connectivity index (χ2n) is 7.74. The van der Waals surface area contributed by atoms with E-state index in [0.717, 1.165) is 11.1 Å². The number of nitrogens with one attached hydrogen (secondary N) is 2. The SMILES string of the molecule is CC(C)CC(NC(=O)C(Cc1ccccc1)NC(=O)OCc1ccccc1)C(=O)CF. The monoisotopic (exact) mass is 428 g/mol. The van der Waals surface area contributed by atoms with Gasteiger partial charge in [-0.1, -0.05) is 74.5 Å². The van der Waals surface area contributed by atoms with Crippen molar-refractivity contribution in [1.82, 2.24) is 10.6 Å². The highest BCUT2D eigenvalue weighted by atomic mass is 19.1. The third-order valence-electron chi connectivity index (χ3n) is 4.65. The summed E-state index contributed by atoms with van der Waals surface area (Å²) < 4.78 is 18.2. The van der Waals surface area contributed by atoms with Crippen LogP contribution in [0.2, 0.25) is 0 Å². The number of carbonyl (C=O) groups excluding carboxylic acids is 3. The van der Waals surface area contributed by atoms with Gasteiger partial charge in [-0.05, 0) is 23.5 Å². The molecule has 166 valence electrons. The Kier molecular flexibility index (Phi) is 9.68. The Bertz CT molecular complexity index is 843. The lowest BCUT2D eigenvalue weighted by Crippen LogP contribution is -2.53. The Morgan fingerprint density at radius 1 is 0.871 bits per heavy atom. The summed E-state index contributed by atoms with van der Waals surface area (Å²) in [6, 6.07) is 16.4. The molecule has 0 aromatic heterocycles. The zero-order valence-corrected chi connectivity index (χ0v) is 17.8. The molecule has 0 saturated heterocycles. The molecule has 7 heteroatoms. The van der Waals surface area contributed by atoms with E-state index in [-0.39, 0.29) is 18.9 Å². The van der Waals surface area contributed by atoms with Crippen molar-refractivity contribution in [2.45, 2.75) is 45.4 Å². The van der Waals surface area contributed by atoms with Crippen molar-refractivity contribution in [2.24, 2.45) is 5.92 Å². The molecule has 0 aliphatic rings. The van der Waals surface area contributed by atoms with E-state index >= 15 is 0 Å². The molecule has 0 bridgehead atoms. The van der Waals surface area contributed by atoms with E-state index in [2.05, 4.69) is 10.6 Å².